The van der Waals surface area contributed by atoms with Gasteiger partial charge in [-0.3, -0.25) is 4.79 Å². The van der Waals surface area contributed by atoms with Crippen molar-refractivity contribution in [1.82, 2.24) is 14.9 Å². The molecule has 0 bridgehead atoms. The number of benzene rings is 2. The number of hydrogen-bond acceptors (Lipinski definition) is 6. The summed E-state index contributed by atoms with van der Waals surface area (Å²) in [5.74, 6) is 2.77. The van der Waals surface area contributed by atoms with Crippen LogP contribution in [0.5, 0.6) is 5.75 Å². The molecular formula is C30H32N4O2S. The van der Waals surface area contributed by atoms with Crippen LogP contribution in [0.15, 0.2) is 54.6 Å². The zero-order chi connectivity index (χ0) is 25.2. The van der Waals surface area contributed by atoms with E-state index in [0.717, 1.165) is 54.6 Å². The number of anilines is 1. The summed E-state index contributed by atoms with van der Waals surface area (Å²) >= 11 is 1.87. The maximum absolute atomic E-state index is 13.1. The molecule has 1 aliphatic carbocycles. The number of aromatic nitrogens is 2. The van der Waals surface area contributed by atoms with Crippen molar-refractivity contribution in [3.8, 4) is 5.75 Å². The van der Waals surface area contributed by atoms with Gasteiger partial charge in [0.1, 0.15) is 22.2 Å². The molecule has 0 radical (unpaired) electrons. The van der Waals surface area contributed by atoms with E-state index in [4.69, 9.17) is 14.7 Å². The van der Waals surface area contributed by atoms with Crippen LogP contribution in [0.4, 0.5) is 5.82 Å². The van der Waals surface area contributed by atoms with Crippen LogP contribution in [0.25, 0.3) is 10.2 Å². The van der Waals surface area contributed by atoms with Gasteiger partial charge in [0.15, 0.2) is 0 Å². The number of carbonyl (C=O) groups excluding carboxylic acids is 1. The Balaban J connectivity index is 1.29. The van der Waals surface area contributed by atoms with Crippen molar-refractivity contribution in [3.05, 3.63) is 82.0 Å². The van der Waals surface area contributed by atoms with E-state index in [2.05, 4.69) is 29.2 Å². The lowest BCUT2D eigenvalue weighted by molar-refractivity contribution is 0.0746. The molecule has 2 aromatic heterocycles. The van der Waals surface area contributed by atoms with Crippen molar-refractivity contribution >= 4 is 33.3 Å². The van der Waals surface area contributed by atoms with Crippen LogP contribution >= 0.6 is 11.3 Å². The van der Waals surface area contributed by atoms with Crippen LogP contribution in [0.3, 0.4) is 0 Å². The zero-order valence-electron chi connectivity index (χ0n) is 21.3. The number of piperazine rings is 1. The van der Waals surface area contributed by atoms with Gasteiger partial charge in [0.05, 0.1) is 12.5 Å². The average Bonchev–Trinajstić information content (AvgIpc) is 3.13. The highest BCUT2D eigenvalue weighted by atomic mass is 32.1. The second-order valence-electron chi connectivity index (χ2n) is 9.88. The van der Waals surface area contributed by atoms with Crippen LogP contribution in [-0.4, -0.2) is 54.1 Å². The van der Waals surface area contributed by atoms with E-state index < -0.39 is 0 Å². The molecule has 1 aliphatic heterocycles. The Morgan fingerprint density at radius 2 is 1.68 bits per heavy atom. The third-order valence-corrected chi connectivity index (χ3v) is 8.69. The van der Waals surface area contributed by atoms with E-state index >= 15 is 0 Å². The fourth-order valence-electron chi connectivity index (χ4n) is 5.48. The molecule has 2 aromatic carbocycles. The molecule has 37 heavy (non-hydrogen) atoms. The molecule has 1 fully saturated rings. The van der Waals surface area contributed by atoms with Crippen LogP contribution in [0, 0.1) is 0 Å². The lowest BCUT2D eigenvalue weighted by Crippen LogP contribution is -2.49. The predicted molar refractivity (Wildman–Crippen MR) is 149 cm³/mol. The molecular weight excluding hydrogens is 480 g/mol. The van der Waals surface area contributed by atoms with Crippen LogP contribution in [-0.2, 0) is 19.3 Å². The van der Waals surface area contributed by atoms with E-state index in [0.29, 0.717) is 18.7 Å². The van der Waals surface area contributed by atoms with E-state index in [9.17, 15) is 4.79 Å². The zero-order valence-corrected chi connectivity index (χ0v) is 22.1. The predicted octanol–water partition coefficient (Wildman–Crippen LogP) is 5.52. The van der Waals surface area contributed by atoms with E-state index in [1.54, 1.807) is 7.11 Å². The Bertz CT molecular complexity index is 1390. The molecule has 0 spiro atoms. The SMILES string of the molecule is COc1ccc(C(=O)N2CCN(c3nc(Cc4ccccc4)nc4sc5c(c34)CCCCC5)CC2)cc1. The van der Waals surface area contributed by atoms with Crippen molar-refractivity contribution in [2.75, 3.05) is 38.2 Å². The van der Waals surface area contributed by atoms with Gasteiger partial charge in [0, 0.05) is 43.0 Å². The summed E-state index contributed by atoms with van der Waals surface area (Å²) in [5.41, 5.74) is 3.39. The highest BCUT2D eigenvalue weighted by Crippen LogP contribution is 2.39. The second-order valence-corrected chi connectivity index (χ2v) is 11.0. The Hall–Kier alpha value is -3.45. The molecule has 1 amide bonds. The van der Waals surface area contributed by atoms with E-state index in [-0.39, 0.29) is 5.91 Å². The molecule has 1 saturated heterocycles. The number of ether oxygens (including phenoxy) is 1. The molecule has 4 aromatic rings. The quantitative estimate of drug-likeness (QED) is 0.330. The van der Waals surface area contributed by atoms with Gasteiger partial charge in [-0.05, 0) is 61.1 Å². The molecule has 0 N–H and O–H groups in total. The number of thiophene rings is 1. The number of methoxy groups -OCH3 is 1. The highest BCUT2D eigenvalue weighted by molar-refractivity contribution is 7.19. The second kappa shape index (κ2) is 10.5. The van der Waals surface area contributed by atoms with Crippen molar-refractivity contribution < 1.29 is 9.53 Å². The fourth-order valence-corrected chi connectivity index (χ4v) is 6.76. The monoisotopic (exact) mass is 512 g/mol. The molecule has 0 atom stereocenters. The Morgan fingerprint density at radius 3 is 2.43 bits per heavy atom. The Morgan fingerprint density at radius 1 is 0.919 bits per heavy atom. The molecule has 3 heterocycles. The summed E-state index contributed by atoms with van der Waals surface area (Å²) in [4.78, 5) is 30.3. The molecule has 6 nitrogen and oxygen atoms in total. The van der Waals surface area contributed by atoms with E-state index in [1.165, 1.54) is 40.7 Å². The minimum Gasteiger partial charge on any atom is -0.497 e. The van der Waals surface area contributed by atoms with Gasteiger partial charge in [-0.2, -0.15) is 0 Å². The largest absolute Gasteiger partial charge is 0.497 e. The third kappa shape index (κ3) is 4.92. The minimum atomic E-state index is 0.0734. The van der Waals surface area contributed by atoms with Gasteiger partial charge in [-0.1, -0.05) is 36.8 Å². The van der Waals surface area contributed by atoms with Crippen LogP contribution in [0.2, 0.25) is 0 Å². The minimum absolute atomic E-state index is 0.0734. The van der Waals surface area contributed by atoms with Crippen LogP contribution < -0.4 is 9.64 Å². The van der Waals surface area contributed by atoms with Gasteiger partial charge >= 0.3 is 0 Å². The summed E-state index contributed by atoms with van der Waals surface area (Å²) in [6, 6.07) is 17.8. The number of carbonyl (C=O) groups is 1. The van der Waals surface area contributed by atoms with E-state index in [1.807, 2.05) is 46.6 Å². The molecule has 2 aliphatic rings. The molecule has 6 rings (SSSR count). The normalized spacial score (nSPS) is 15.9. The first-order valence-electron chi connectivity index (χ1n) is 13.2. The van der Waals surface area contributed by atoms with Crippen molar-refractivity contribution in [3.63, 3.8) is 0 Å². The number of hydrogen-bond donors (Lipinski definition) is 0. The van der Waals surface area contributed by atoms with Crippen molar-refractivity contribution in [2.45, 2.75) is 38.5 Å². The van der Waals surface area contributed by atoms with Crippen LogP contribution in [0.1, 0.15) is 51.4 Å². The number of amides is 1. The highest BCUT2D eigenvalue weighted by Gasteiger charge is 2.27. The van der Waals surface area contributed by atoms with Gasteiger partial charge in [0.2, 0.25) is 0 Å². The number of nitrogens with zero attached hydrogens (tertiary/aromatic N) is 4. The molecule has 0 unspecified atom stereocenters. The van der Waals surface area contributed by atoms with Gasteiger partial charge in [0.25, 0.3) is 5.91 Å². The summed E-state index contributed by atoms with van der Waals surface area (Å²) < 4.78 is 5.24. The standard InChI is InChI=1S/C30H32N4O2S/c1-36-23-14-12-22(13-15-23)30(35)34-18-16-33(17-19-34)28-27-24-10-6-3-7-11-25(24)37-29(27)32-26(31-28)20-21-8-4-2-5-9-21/h2,4-5,8-9,12-15H,3,6-7,10-11,16-20H2,1H3. The summed E-state index contributed by atoms with van der Waals surface area (Å²) in [5, 5.41) is 1.26. The van der Waals surface area contributed by atoms with Gasteiger partial charge in [-0.15, -0.1) is 11.3 Å². The fraction of sp³-hybridized carbons (Fsp3) is 0.367. The third-order valence-electron chi connectivity index (χ3n) is 7.50. The van der Waals surface area contributed by atoms with Crippen molar-refractivity contribution in [2.24, 2.45) is 0 Å². The Kier molecular flexibility index (Phi) is 6.79. The summed E-state index contributed by atoms with van der Waals surface area (Å²) in [6.45, 7) is 2.89. The average molecular weight is 513 g/mol. The first kappa shape index (κ1) is 23.9. The number of fused-ring (bicyclic) bond motifs is 3. The van der Waals surface area contributed by atoms with Crippen molar-refractivity contribution in [1.29, 1.82) is 0 Å². The molecule has 190 valence electrons. The first-order chi connectivity index (χ1) is 18.2. The maximum atomic E-state index is 13.1. The summed E-state index contributed by atoms with van der Waals surface area (Å²) in [6.07, 6.45) is 6.76. The number of aryl methyl sites for hydroxylation is 2. The number of rotatable bonds is 5. The van der Waals surface area contributed by atoms with Gasteiger partial charge < -0.3 is 14.5 Å². The lowest BCUT2D eigenvalue weighted by atomic mass is 10.1. The molecule has 0 saturated carbocycles. The van der Waals surface area contributed by atoms with Gasteiger partial charge in [-0.25, -0.2) is 9.97 Å². The lowest BCUT2D eigenvalue weighted by Gasteiger charge is -2.36. The smallest absolute Gasteiger partial charge is 0.253 e. The molecule has 7 heteroatoms. The maximum Gasteiger partial charge on any atom is 0.253 e. The Labute approximate surface area is 221 Å². The topological polar surface area (TPSA) is 58.6 Å². The summed E-state index contributed by atoms with van der Waals surface area (Å²) in [7, 11) is 1.64. The first-order valence-corrected chi connectivity index (χ1v) is 14.0.